The first-order valence-corrected chi connectivity index (χ1v) is 9.17. The molecule has 2 bridgehead atoms. The molecule has 1 N–H and O–H groups in total. The van der Waals surface area contributed by atoms with Crippen LogP contribution in [0.4, 0.5) is 0 Å². The Hall–Kier alpha value is -2.81. The molecular formula is C23H21NO2. The fourth-order valence-corrected chi connectivity index (χ4v) is 4.97. The van der Waals surface area contributed by atoms with E-state index in [4.69, 9.17) is 4.42 Å². The third-order valence-electron chi connectivity index (χ3n) is 6.15. The minimum atomic E-state index is -0.458. The van der Waals surface area contributed by atoms with Gasteiger partial charge in [-0.25, -0.2) is 0 Å². The van der Waals surface area contributed by atoms with Gasteiger partial charge in [0.05, 0.1) is 18.2 Å². The van der Waals surface area contributed by atoms with Crippen LogP contribution in [0.15, 0.2) is 71.3 Å². The number of hydrogen-bond donors (Lipinski definition) is 1. The maximum Gasteiger partial charge on any atom is 0.227 e. The second-order valence-electron chi connectivity index (χ2n) is 7.63. The summed E-state index contributed by atoms with van der Waals surface area (Å²) >= 11 is 0. The second-order valence-corrected chi connectivity index (χ2v) is 7.63. The van der Waals surface area contributed by atoms with E-state index < -0.39 is 5.41 Å². The molecule has 0 fully saturated rings. The first kappa shape index (κ1) is 15.4. The van der Waals surface area contributed by atoms with Crippen molar-refractivity contribution in [3.05, 3.63) is 94.9 Å². The SMILES string of the molecule is C[C@]1(C(=O)NCc2ccco2)CC2c3ccccc3C1c1ccccc12. The Morgan fingerprint density at radius 1 is 1.00 bits per heavy atom. The molecule has 0 saturated carbocycles. The lowest BCUT2D eigenvalue weighted by Gasteiger charge is -2.50. The van der Waals surface area contributed by atoms with Crippen molar-refractivity contribution in [2.45, 2.75) is 31.7 Å². The van der Waals surface area contributed by atoms with E-state index in [1.807, 2.05) is 12.1 Å². The van der Waals surface area contributed by atoms with Crippen LogP contribution in [0.3, 0.4) is 0 Å². The molecule has 0 spiro atoms. The van der Waals surface area contributed by atoms with Crippen molar-refractivity contribution in [1.29, 1.82) is 0 Å². The largest absolute Gasteiger partial charge is 0.467 e. The zero-order valence-electron chi connectivity index (χ0n) is 14.7. The molecular weight excluding hydrogens is 322 g/mol. The number of carbonyl (C=O) groups is 1. The van der Waals surface area contributed by atoms with Gasteiger partial charge in [-0.05, 0) is 47.7 Å². The summed E-state index contributed by atoms with van der Waals surface area (Å²) in [4.78, 5) is 13.3. The molecule has 0 radical (unpaired) electrons. The third kappa shape index (κ3) is 2.10. The maximum atomic E-state index is 13.3. The Balaban J connectivity index is 1.56. The van der Waals surface area contributed by atoms with Gasteiger partial charge in [0.2, 0.25) is 5.91 Å². The van der Waals surface area contributed by atoms with Crippen molar-refractivity contribution in [2.24, 2.45) is 5.41 Å². The van der Waals surface area contributed by atoms with E-state index >= 15 is 0 Å². The highest BCUT2D eigenvalue weighted by Gasteiger charge is 2.53. The van der Waals surface area contributed by atoms with E-state index in [2.05, 4.69) is 60.8 Å². The number of hydrogen-bond acceptors (Lipinski definition) is 2. The predicted molar refractivity (Wildman–Crippen MR) is 99.8 cm³/mol. The van der Waals surface area contributed by atoms with Crippen LogP contribution < -0.4 is 5.32 Å². The molecule has 1 amide bonds. The summed E-state index contributed by atoms with van der Waals surface area (Å²) in [7, 11) is 0. The molecule has 3 nitrogen and oxygen atoms in total. The highest BCUT2D eigenvalue weighted by atomic mass is 16.3. The average molecular weight is 343 g/mol. The molecule has 26 heavy (non-hydrogen) atoms. The van der Waals surface area contributed by atoms with Crippen LogP contribution in [0.5, 0.6) is 0 Å². The fourth-order valence-electron chi connectivity index (χ4n) is 4.97. The highest BCUT2D eigenvalue weighted by Crippen LogP contribution is 2.60. The summed E-state index contributed by atoms with van der Waals surface area (Å²) in [6, 6.07) is 21.0. The minimum absolute atomic E-state index is 0.0940. The molecule has 3 aliphatic carbocycles. The first-order valence-electron chi connectivity index (χ1n) is 9.17. The number of carbonyl (C=O) groups excluding carboxylic acids is 1. The minimum Gasteiger partial charge on any atom is -0.467 e. The van der Waals surface area contributed by atoms with Gasteiger partial charge in [0, 0.05) is 11.8 Å². The molecule has 0 saturated heterocycles. The van der Waals surface area contributed by atoms with Crippen LogP contribution in [0.25, 0.3) is 0 Å². The van der Waals surface area contributed by atoms with Crippen LogP contribution in [-0.4, -0.2) is 5.91 Å². The fraction of sp³-hybridized carbons (Fsp3) is 0.261. The first-order chi connectivity index (χ1) is 12.7. The summed E-state index contributed by atoms with van der Waals surface area (Å²) in [6.07, 6.45) is 2.48. The summed E-state index contributed by atoms with van der Waals surface area (Å²) in [6.45, 7) is 2.55. The lowest BCUT2D eigenvalue weighted by atomic mass is 9.52. The molecule has 1 heterocycles. The lowest BCUT2D eigenvalue weighted by Crippen LogP contribution is -2.49. The van der Waals surface area contributed by atoms with Gasteiger partial charge in [-0.2, -0.15) is 0 Å². The summed E-state index contributed by atoms with van der Waals surface area (Å²) in [5.41, 5.74) is 4.91. The van der Waals surface area contributed by atoms with Crippen molar-refractivity contribution in [2.75, 3.05) is 0 Å². The zero-order valence-corrected chi connectivity index (χ0v) is 14.7. The van der Waals surface area contributed by atoms with Crippen LogP contribution >= 0.6 is 0 Å². The highest BCUT2D eigenvalue weighted by molar-refractivity contribution is 5.86. The standard InChI is InChI=1S/C23H21NO2/c1-23(22(25)24-14-15-7-6-12-26-15)13-20-16-8-2-4-10-18(16)21(23)19-11-5-3-9-17(19)20/h2-12,20-21H,13-14H2,1H3,(H,24,25)/t20?,21?,23-/m0/s1. The molecule has 130 valence electrons. The Bertz CT molecular complexity index is 928. The summed E-state index contributed by atoms with van der Waals surface area (Å²) in [5, 5.41) is 3.11. The van der Waals surface area contributed by atoms with Gasteiger partial charge in [0.1, 0.15) is 5.76 Å². The van der Waals surface area contributed by atoms with E-state index in [-0.39, 0.29) is 17.7 Å². The van der Waals surface area contributed by atoms with E-state index in [1.165, 1.54) is 22.3 Å². The van der Waals surface area contributed by atoms with Gasteiger partial charge in [-0.15, -0.1) is 0 Å². The number of benzene rings is 2. The third-order valence-corrected chi connectivity index (χ3v) is 6.15. The van der Waals surface area contributed by atoms with Crippen molar-refractivity contribution >= 4 is 5.91 Å². The van der Waals surface area contributed by atoms with Gasteiger partial charge in [0.15, 0.2) is 0 Å². The monoisotopic (exact) mass is 343 g/mol. The van der Waals surface area contributed by atoms with E-state index in [1.54, 1.807) is 6.26 Å². The topological polar surface area (TPSA) is 42.2 Å². The van der Waals surface area contributed by atoms with Crippen LogP contribution in [0, 0.1) is 5.41 Å². The van der Waals surface area contributed by atoms with Crippen LogP contribution in [0.2, 0.25) is 0 Å². The molecule has 2 aromatic carbocycles. The molecule has 1 aromatic heterocycles. The van der Waals surface area contributed by atoms with E-state index in [9.17, 15) is 4.79 Å². The van der Waals surface area contributed by atoms with E-state index in [0.717, 1.165) is 12.2 Å². The smallest absolute Gasteiger partial charge is 0.227 e. The molecule has 3 aromatic rings. The Kier molecular flexibility index (Phi) is 3.33. The maximum absolute atomic E-state index is 13.3. The zero-order chi connectivity index (χ0) is 17.7. The molecule has 3 aliphatic rings. The van der Waals surface area contributed by atoms with Gasteiger partial charge in [0.25, 0.3) is 0 Å². The van der Waals surface area contributed by atoms with Gasteiger partial charge < -0.3 is 9.73 Å². The quantitative estimate of drug-likeness (QED) is 0.756. The van der Waals surface area contributed by atoms with Crippen molar-refractivity contribution < 1.29 is 9.21 Å². The van der Waals surface area contributed by atoms with Gasteiger partial charge in [-0.1, -0.05) is 48.5 Å². The molecule has 0 aliphatic heterocycles. The Morgan fingerprint density at radius 2 is 1.62 bits per heavy atom. The Morgan fingerprint density at radius 3 is 2.19 bits per heavy atom. The van der Waals surface area contributed by atoms with Crippen molar-refractivity contribution in [1.82, 2.24) is 5.32 Å². The van der Waals surface area contributed by atoms with E-state index in [0.29, 0.717) is 6.54 Å². The molecule has 3 heteroatoms. The number of amides is 1. The van der Waals surface area contributed by atoms with Crippen molar-refractivity contribution in [3.63, 3.8) is 0 Å². The lowest BCUT2D eigenvalue weighted by molar-refractivity contribution is -0.132. The van der Waals surface area contributed by atoms with Crippen molar-refractivity contribution in [3.8, 4) is 0 Å². The second kappa shape index (κ2) is 5.60. The van der Waals surface area contributed by atoms with Gasteiger partial charge >= 0.3 is 0 Å². The van der Waals surface area contributed by atoms with Crippen LogP contribution in [-0.2, 0) is 11.3 Å². The molecule has 0 unspecified atom stereocenters. The van der Waals surface area contributed by atoms with Crippen LogP contribution in [0.1, 0.15) is 53.2 Å². The predicted octanol–water partition coefficient (Wildman–Crippen LogP) is 4.58. The average Bonchev–Trinajstić information content (AvgIpc) is 3.20. The summed E-state index contributed by atoms with van der Waals surface area (Å²) in [5.74, 6) is 1.26. The normalized spacial score (nSPS) is 25.4. The number of furan rings is 1. The number of nitrogens with one attached hydrogen (secondary N) is 1. The van der Waals surface area contributed by atoms with Gasteiger partial charge in [-0.3, -0.25) is 4.79 Å². The summed E-state index contributed by atoms with van der Waals surface area (Å²) < 4.78 is 5.36. The Labute approximate surface area is 153 Å². The molecule has 1 atom stereocenters. The molecule has 6 rings (SSSR count). The number of rotatable bonds is 3. The number of fused-ring (bicyclic) bond motifs is 1.